The number of carboxylic acid groups (broad SMARTS) is 1. The highest BCUT2D eigenvalue weighted by molar-refractivity contribution is 7.14. The van der Waals surface area contributed by atoms with E-state index in [0.717, 1.165) is 11.3 Å². The molecule has 1 rings (SSSR count). The molecule has 0 atom stereocenters. The molecule has 0 fully saturated rings. The number of aryl methyl sites for hydroxylation is 1. The van der Waals surface area contributed by atoms with Crippen LogP contribution in [0.25, 0.3) is 0 Å². The maximum Gasteiger partial charge on any atom is 0.329 e. The second kappa shape index (κ2) is 5.63. The molecule has 0 saturated heterocycles. The summed E-state index contributed by atoms with van der Waals surface area (Å²) >= 11 is 1.42. The number of ketones is 1. The Morgan fingerprint density at radius 2 is 2.13 bits per heavy atom. The van der Waals surface area contributed by atoms with Gasteiger partial charge in [0.2, 0.25) is 0 Å². The van der Waals surface area contributed by atoms with E-state index in [1.165, 1.54) is 11.3 Å². The van der Waals surface area contributed by atoms with Crippen LogP contribution in [-0.2, 0) is 16.0 Å². The van der Waals surface area contributed by atoms with Crippen LogP contribution < -0.4 is 0 Å². The third kappa shape index (κ3) is 3.81. The topological polar surface area (TPSA) is 63.6 Å². The van der Waals surface area contributed by atoms with Crippen molar-refractivity contribution < 1.29 is 19.4 Å². The van der Waals surface area contributed by atoms with Crippen LogP contribution >= 0.6 is 11.3 Å². The zero-order chi connectivity index (χ0) is 11.3. The molecule has 0 radical (unpaired) electrons. The van der Waals surface area contributed by atoms with Crippen molar-refractivity contribution in [3.05, 3.63) is 21.9 Å². The number of ether oxygens (including phenoxy) is 1. The molecule has 0 unspecified atom stereocenters. The van der Waals surface area contributed by atoms with Gasteiger partial charge in [0, 0.05) is 4.88 Å². The Morgan fingerprint density at radius 1 is 1.40 bits per heavy atom. The van der Waals surface area contributed by atoms with Gasteiger partial charge in [-0.05, 0) is 18.6 Å². The van der Waals surface area contributed by atoms with E-state index in [0.29, 0.717) is 4.88 Å². The Bertz CT molecular complexity index is 356. The number of aliphatic carboxylic acids is 1. The van der Waals surface area contributed by atoms with Crippen LogP contribution in [0.3, 0.4) is 0 Å². The molecule has 0 aliphatic rings. The first-order valence-electron chi connectivity index (χ1n) is 4.55. The summed E-state index contributed by atoms with van der Waals surface area (Å²) < 4.78 is 4.71. The largest absolute Gasteiger partial charge is 0.480 e. The summed E-state index contributed by atoms with van der Waals surface area (Å²) in [5.41, 5.74) is 0. The van der Waals surface area contributed by atoms with Crippen molar-refractivity contribution in [2.75, 3.05) is 13.2 Å². The van der Waals surface area contributed by atoms with Gasteiger partial charge in [0.15, 0.2) is 5.78 Å². The summed E-state index contributed by atoms with van der Waals surface area (Å²) in [6.07, 6.45) is 0.897. The van der Waals surface area contributed by atoms with Gasteiger partial charge >= 0.3 is 5.97 Å². The molecule has 0 aromatic carbocycles. The van der Waals surface area contributed by atoms with Crippen molar-refractivity contribution in [3.63, 3.8) is 0 Å². The number of carbonyl (C=O) groups is 2. The number of Topliss-reactive ketones (excluding diaryl/α,β-unsaturated/α-hetero) is 1. The lowest BCUT2D eigenvalue weighted by molar-refractivity contribution is -0.141. The van der Waals surface area contributed by atoms with Crippen molar-refractivity contribution in [2.24, 2.45) is 0 Å². The number of rotatable bonds is 6. The molecular weight excluding hydrogens is 216 g/mol. The number of carbonyl (C=O) groups excluding carboxylic acids is 1. The highest BCUT2D eigenvalue weighted by Gasteiger charge is 2.09. The van der Waals surface area contributed by atoms with E-state index >= 15 is 0 Å². The smallest absolute Gasteiger partial charge is 0.329 e. The fourth-order valence-electron chi connectivity index (χ4n) is 1.02. The Kier molecular flexibility index (Phi) is 4.45. The molecule has 15 heavy (non-hydrogen) atoms. The van der Waals surface area contributed by atoms with Crippen LogP contribution in [0.4, 0.5) is 0 Å². The van der Waals surface area contributed by atoms with Crippen LogP contribution in [-0.4, -0.2) is 30.1 Å². The zero-order valence-corrected chi connectivity index (χ0v) is 9.17. The Balaban J connectivity index is 2.43. The van der Waals surface area contributed by atoms with Crippen LogP contribution in [0, 0.1) is 0 Å². The monoisotopic (exact) mass is 228 g/mol. The Hall–Kier alpha value is -1.20. The van der Waals surface area contributed by atoms with Gasteiger partial charge in [-0.15, -0.1) is 11.3 Å². The second-order valence-electron chi connectivity index (χ2n) is 2.93. The maximum absolute atomic E-state index is 11.4. The third-order valence-electron chi connectivity index (χ3n) is 1.74. The van der Waals surface area contributed by atoms with Crippen molar-refractivity contribution in [1.29, 1.82) is 0 Å². The van der Waals surface area contributed by atoms with E-state index in [-0.39, 0.29) is 12.4 Å². The molecule has 82 valence electrons. The minimum atomic E-state index is -1.07. The zero-order valence-electron chi connectivity index (χ0n) is 8.36. The summed E-state index contributed by atoms with van der Waals surface area (Å²) in [7, 11) is 0. The average molecular weight is 228 g/mol. The lowest BCUT2D eigenvalue weighted by atomic mass is 10.3. The normalized spacial score (nSPS) is 10.2. The van der Waals surface area contributed by atoms with Crippen LogP contribution in [0.5, 0.6) is 0 Å². The van der Waals surface area contributed by atoms with Gasteiger partial charge in [0.05, 0.1) is 4.88 Å². The summed E-state index contributed by atoms with van der Waals surface area (Å²) in [6, 6.07) is 3.64. The highest BCUT2D eigenvalue weighted by Crippen LogP contribution is 2.17. The van der Waals surface area contributed by atoms with Crippen molar-refractivity contribution in [3.8, 4) is 0 Å². The third-order valence-corrected chi connectivity index (χ3v) is 3.01. The molecule has 0 bridgehead atoms. The number of carboxylic acids is 1. The van der Waals surface area contributed by atoms with Gasteiger partial charge in [-0.2, -0.15) is 0 Å². The number of hydrogen-bond donors (Lipinski definition) is 1. The van der Waals surface area contributed by atoms with Crippen molar-refractivity contribution >= 4 is 23.1 Å². The van der Waals surface area contributed by atoms with Crippen LogP contribution in [0.2, 0.25) is 0 Å². The SMILES string of the molecule is CCc1ccc(C(=O)COCC(=O)O)s1. The van der Waals surface area contributed by atoms with Gasteiger partial charge < -0.3 is 9.84 Å². The lowest BCUT2D eigenvalue weighted by Crippen LogP contribution is -2.13. The average Bonchev–Trinajstić information content (AvgIpc) is 2.65. The van der Waals surface area contributed by atoms with E-state index in [1.54, 1.807) is 6.07 Å². The van der Waals surface area contributed by atoms with Crippen molar-refractivity contribution in [1.82, 2.24) is 0 Å². The molecule has 0 aliphatic heterocycles. The predicted octanol–water partition coefficient (Wildman–Crippen LogP) is 1.59. The maximum atomic E-state index is 11.4. The molecule has 0 amide bonds. The number of thiophene rings is 1. The second-order valence-corrected chi connectivity index (χ2v) is 4.10. The first kappa shape index (κ1) is 11.9. The van der Waals surface area contributed by atoms with Gasteiger partial charge in [0.25, 0.3) is 0 Å². The Morgan fingerprint density at radius 3 is 2.67 bits per heavy atom. The molecular formula is C10H12O4S. The van der Waals surface area contributed by atoms with Crippen LogP contribution in [0.15, 0.2) is 12.1 Å². The molecule has 5 heteroatoms. The first-order chi connectivity index (χ1) is 7.13. The summed E-state index contributed by atoms with van der Waals surface area (Å²) in [5.74, 6) is -1.23. The molecule has 1 heterocycles. The van der Waals surface area contributed by atoms with Crippen LogP contribution in [0.1, 0.15) is 21.5 Å². The van der Waals surface area contributed by atoms with Crippen molar-refractivity contribution in [2.45, 2.75) is 13.3 Å². The predicted molar refractivity (Wildman–Crippen MR) is 56.5 cm³/mol. The minimum absolute atomic E-state index is 0.166. The molecule has 0 spiro atoms. The standard InChI is InChI=1S/C10H12O4S/c1-2-7-3-4-9(15-7)8(11)5-14-6-10(12)13/h3-4H,2,5-6H2,1H3,(H,12,13). The highest BCUT2D eigenvalue weighted by atomic mass is 32.1. The van der Waals surface area contributed by atoms with E-state index in [2.05, 4.69) is 0 Å². The summed E-state index contributed by atoms with van der Waals surface area (Å²) in [4.78, 5) is 23.3. The van der Waals surface area contributed by atoms with Gasteiger partial charge in [-0.1, -0.05) is 6.92 Å². The van der Waals surface area contributed by atoms with Gasteiger partial charge in [-0.25, -0.2) is 4.79 Å². The molecule has 0 saturated carbocycles. The van der Waals surface area contributed by atoms with E-state index < -0.39 is 12.6 Å². The number of hydrogen-bond acceptors (Lipinski definition) is 4. The van der Waals surface area contributed by atoms with E-state index in [4.69, 9.17) is 9.84 Å². The quantitative estimate of drug-likeness (QED) is 0.751. The van der Waals surface area contributed by atoms with Gasteiger partial charge in [-0.3, -0.25) is 4.79 Å². The fourth-order valence-corrected chi connectivity index (χ4v) is 1.89. The lowest BCUT2D eigenvalue weighted by Gasteiger charge is -1.97. The molecule has 4 nitrogen and oxygen atoms in total. The fraction of sp³-hybridized carbons (Fsp3) is 0.400. The molecule has 1 aromatic heterocycles. The summed E-state index contributed by atoms with van der Waals surface area (Å²) in [5, 5.41) is 8.31. The molecule has 1 N–H and O–H groups in total. The molecule has 0 aliphatic carbocycles. The van der Waals surface area contributed by atoms with E-state index in [1.807, 2.05) is 13.0 Å². The first-order valence-corrected chi connectivity index (χ1v) is 5.36. The van der Waals surface area contributed by atoms with Gasteiger partial charge in [0.1, 0.15) is 13.2 Å². The Labute approximate surface area is 91.5 Å². The minimum Gasteiger partial charge on any atom is -0.480 e. The molecule has 1 aromatic rings. The summed E-state index contributed by atoms with van der Waals surface area (Å²) in [6.45, 7) is 1.41. The van der Waals surface area contributed by atoms with E-state index in [9.17, 15) is 9.59 Å².